The number of likely N-dealkylation sites (tertiary alicyclic amines) is 1. The van der Waals surface area contributed by atoms with Crippen LogP contribution in [-0.2, 0) is 23.9 Å². The van der Waals surface area contributed by atoms with Crippen LogP contribution in [0.2, 0.25) is 0 Å². The largest absolute Gasteiger partial charge is 0.461 e. The Morgan fingerprint density at radius 3 is 2.10 bits per heavy atom. The summed E-state index contributed by atoms with van der Waals surface area (Å²) in [7, 11) is 4.65. The molecule has 2 heterocycles. The zero-order valence-corrected chi connectivity index (χ0v) is 27.1. The van der Waals surface area contributed by atoms with Gasteiger partial charge in [0.15, 0.2) is 0 Å². The molecule has 2 saturated heterocycles. The molecule has 0 N–H and O–H groups in total. The van der Waals surface area contributed by atoms with Crippen LogP contribution in [0.25, 0.3) is 0 Å². The highest BCUT2D eigenvalue weighted by Crippen LogP contribution is 2.67. The number of quaternary nitrogens is 1. The number of fused-ring (bicyclic) bond motifs is 5. The van der Waals surface area contributed by atoms with Crippen molar-refractivity contribution in [2.24, 2.45) is 34.5 Å². The van der Waals surface area contributed by atoms with Crippen LogP contribution in [0.1, 0.15) is 85.5 Å². The number of hydrogen-bond donors (Lipinski definition) is 0. The topological polar surface area (TPSA) is 76.2 Å². The van der Waals surface area contributed by atoms with Gasteiger partial charge in [-0.3, -0.25) is 24.2 Å². The number of carbonyl (C=O) groups is 3. The van der Waals surface area contributed by atoms with E-state index in [9.17, 15) is 14.4 Å². The summed E-state index contributed by atoms with van der Waals surface area (Å²) in [6, 6.07) is 0.502. The van der Waals surface area contributed by atoms with Crippen LogP contribution >= 0.6 is 0 Å². The molecule has 0 radical (unpaired) electrons. The van der Waals surface area contributed by atoms with Crippen LogP contribution < -0.4 is 0 Å². The van der Waals surface area contributed by atoms with E-state index in [-0.39, 0.29) is 41.0 Å². The van der Waals surface area contributed by atoms with Gasteiger partial charge in [-0.2, -0.15) is 0 Å². The molecular weight excluding hydrogens is 530 g/mol. The summed E-state index contributed by atoms with van der Waals surface area (Å²) in [6.07, 6.45) is 8.95. The summed E-state index contributed by atoms with van der Waals surface area (Å²) in [5, 5.41) is 0. The Labute approximate surface area is 253 Å². The normalized spacial score (nSPS) is 45.8. The van der Waals surface area contributed by atoms with Gasteiger partial charge < -0.3 is 14.0 Å². The highest BCUT2D eigenvalue weighted by molar-refractivity contribution is 5.79. The fourth-order valence-corrected chi connectivity index (χ4v) is 11.1. The van der Waals surface area contributed by atoms with Crippen molar-refractivity contribution in [3.8, 4) is 0 Å². The van der Waals surface area contributed by atoms with E-state index in [0.29, 0.717) is 48.3 Å². The van der Waals surface area contributed by atoms with Crippen LogP contribution in [0.3, 0.4) is 0 Å². The zero-order valence-electron chi connectivity index (χ0n) is 27.1. The fraction of sp³-hybridized carbons (Fsp3) is 0.912. The molecule has 0 bridgehead atoms. The summed E-state index contributed by atoms with van der Waals surface area (Å²) < 4.78 is 13.4. The first-order valence-corrected chi connectivity index (χ1v) is 17.0. The smallest absolute Gasteiger partial charge is 0.302 e. The Balaban J connectivity index is 1.26. The van der Waals surface area contributed by atoms with Crippen molar-refractivity contribution in [1.29, 1.82) is 0 Å². The molecule has 0 aromatic carbocycles. The maximum atomic E-state index is 12.5. The second-order valence-corrected chi connectivity index (χ2v) is 16.2. The van der Waals surface area contributed by atoms with Crippen LogP contribution in [0, 0.1) is 34.5 Å². The minimum absolute atomic E-state index is 0.0180. The number of Topliss-reactive ketones (excluding diaryl/α,β-unsaturated/α-hetero) is 1. The third-order valence-electron chi connectivity index (χ3n) is 13.5. The maximum absolute atomic E-state index is 12.5. The third kappa shape index (κ3) is 5.36. The number of esters is 2. The van der Waals surface area contributed by atoms with Gasteiger partial charge in [-0.15, -0.1) is 0 Å². The predicted molar refractivity (Wildman–Crippen MR) is 160 cm³/mol. The van der Waals surface area contributed by atoms with E-state index in [0.717, 1.165) is 69.4 Å². The van der Waals surface area contributed by atoms with Crippen LogP contribution in [-0.4, -0.2) is 110 Å². The van der Waals surface area contributed by atoms with E-state index >= 15 is 0 Å². The number of ketones is 1. The molecule has 4 aliphatic carbocycles. The first-order valence-electron chi connectivity index (χ1n) is 17.0. The number of nitrogens with zero attached hydrogens (tertiary/aromatic N) is 3. The van der Waals surface area contributed by atoms with Crippen LogP contribution in [0.5, 0.6) is 0 Å². The van der Waals surface area contributed by atoms with Gasteiger partial charge in [0.2, 0.25) is 0 Å². The number of rotatable bonds is 4. The monoisotopic (exact) mass is 586 g/mol. The maximum Gasteiger partial charge on any atom is 0.302 e. The highest BCUT2D eigenvalue weighted by atomic mass is 16.5. The Morgan fingerprint density at radius 2 is 1.45 bits per heavy atom. The Bertz CT molecular complexity index is 1060. The van der Waals surface area contributed by atoms with Gasteiger partial charge in [-0.25, -0.2) is 0 Å². The number of ether oxygens (including phenoxy) is 2. The van der Waals surface area contributed by atoms with E-state index in [1.165, 1.54) is 19.3 Å². The third-order valence-corrected chi connectivity index (χ3v) is 13.5. The zero-order chi connectivity index (χ0) is 30.0. The van der Waals surface area contributed by atoms with Crippen molar-refractivity contribution >= 4 is 17.7 Å². The summed E-state index contributed by atoms with van der Waals surface area (Å²) in [6.45, 7) is 14.1. The molecule has 8 nitrogen and oxygen atoms in total. The van der Waals surface area contributed by atoms with Crippen molar-refractivity contribution in [2.45, 2.75) is 110 Å². The SMILES string of the molecule is CC(=O)O[C@H]1C[C@@H]2CC[C@@H]3[C@H](CC[C@@]4(C)[C@H]3C[C@H](N3CC[N+](C)(C)CC3)[C@@H]4OC(C)=O)[C@@]2(C)C[C@@H]1N1CCC(=O)CC1. The van der Waals surface area contributed by atoms with Crippen LogP contribution in [0.4, 0.5) is 0 Å². The molecule has 6 rings (SSSR count). The average Bonchev–Trinajstić information content (AvgIpc) is 3.20. The van der Waals surface area contributed by atoms with Crippen molar-refractivity contribution in [3.05, 3.63) is 0 Å². The van der Waals surface area contributed by atoms with Gasteiger partial charge in [0.1, 0.15) is 18.0 Å². The van der Waals surface area contributed by atoms with Crippen molar-refractivity contribution in [3.63, 3.8) is 0 Å². The molecule has 0 amide bonds. The average molecular weight is 587 g/mol. The van der Waals surface area contributed by atoms with E-state index in [4.69, 9.17) is 9.47 Å². The molecule has 4 saturated carbocycles. The molecule has 0 spiro atoms. The molecule has 6 fully saturated rings. The van der Waals surface area contributed by atoms with E-state index in [1.807, 2.05) is 0 Å². The van der Waals surface area contributed by atoms with Crippen molar-refractivity contribution in [1.82, 2.24) is 9.80 Å². The lowest BCUT2D eigenvalue weighted by atomic mass is 9.44. The molecule has 6 aliphatic rings. The number of hydrogen-bond acceptors (Lipinski definition) is 7. The van der Waals surface area contributed by atoms with E-state index < -0.39 is 0 Å². The van der Waals surface area contributed by atoms with Gasteiger partial charge in [0, 0.05) is 70.4 Å². The van der Waals surface area contributed by atoms with Gasteiger partial charge >= 0.3 is 11.9 Å². The Morgan fingerprint density at radius 1 is 0.810 bits per heavy atom. The first kappa shape index (κ1) is 30.5. The van der Waals surface area contributed by atoms with Crippen molar-refractivity contribution in [2.75, 3.05) is 53.4 Å². The summed E-state index contributed by atoms with van der Waals surface area (Å²) in [5.74, 6) is 2.42. The predicted octanol–water partition coefficient (Wildman–Crippen LogP) is 3.91. The summed E-state index contributed by atoms with van der Waals surface area (Å²) in [5.41, 5.74) is 0.207. The lowest BCUT2D eigenvalue weighted by Crippen LogP contribution is -2.61. The number of piperidine rings is 1. The molecule has 10 atom stereocenters. The molecule has 42 heavy (non-hydrogen) atoms. The summed E-state index contributed by atoms with van der Waals surface area (Å²) in [4.78, 5) is 41.9. The lowest BCUT2D eigenvalue weighted by Gasteiger charge is -2.62. The number of carbonyl (C=O) groups excluding carboxylic acids is 3. The lowest BCUT2D eigenvalue weighted by molar-refractivity contribution is -0.894. The van der Waals surface area contributed by atoms with Gasteiger partial charge in [0.25, 0.3) is 0 Å². The minimum atomic E-state index is -0.183. The Hall–Kier alpha value is -1.51. The molecule has 0 aromatic heterocycles. The van der Waals surface area contributed by atoms with E-state index in [2.05, 4.69) is 37.7 Å². The fourth-order valence-electron chi connectivity index (χ4n) is 11.1. The second-order valence-electron chi connectivity index (χ2n) is 16.2. The van der Waals surface area contributed by atoms with Gasteiger partial charge in [-0.05, 0) is 74.0 Å². The molecule has 0 aromatic rings. The number of piperazine rings is 1. The molecule has 236 valence electrons. The van der Waals surface area contributed by atoms with Gasteiger partial charge in [0.05, 0.1) is 27.2 Å². The molecule has 2 aliphatic heterocycles. The standard InChI is InChI=1S/C34H56N3O5/c1-22(38)41-31-19-24-7-8-26-27(34(24,4)21-30(31)35-13-10-25(40)11-14-35)9-12-33(3)28(26)20-29(32(33)42-23(2)39)36-15-17-37(5,6)18-16-36/h24,26-32H,7-21H2,1-6H3/q+1/t24-,26+,27-,28-,29-,30-,31-,32-,33-,34-/m0/s1. The molecule has 0 unspecified atom stereocenters. The second kappa shape index (κ2) is 11.1. The summed E-state index contributed by atoms with van der Waals surface area (Å²) >= 11 is 0. The Kier molecular flexibility index (Phi) is 8.09. The first-order chi connectivity index (χ1) is 19.8. The van der Waals surface area contributed by atoms with E-state index in [1.54, 1.807) is 13.8 Å². The van der Waals surface area contributed by atoms with Crippen molar-refractivity contribution < 1.29 is 28.3 Å². The highest BCUT2D eigenvalue weighted by Gasteiger charge is 2.65. The quantitative estimate of drug-likeness (QED) is 0.365. The minimum Gasteiger partial charge on any atom is -0.461 e. The molecule has 8 heteroatoms. The number of likely N-dealkylation sites (N-methyl/N-ethyl adjacent to an activating group) is 1. The van der Waals surface area contributed by atoms with Gasteiger partial charge in [-0.1, -0.05) is 13.8 Å². The molecular formula is C34H56N3O5+. The van der Waals surface area contributed by atoms with Crippen LogP contribution in [0.15, 0.2) is 0 Å².